The van der Waals surface area contributed by atoms with Gasteiger partial charge in [0.2, 0.25) is 0 Å². The van der Waals surface area contributed by atoms with Gasteiger partial charge < -0.3 is 14.6 Å². The molecule has 1 aromatic heterocycles. The number of esters is 1. The van der Waals surface area contributed by atoms with Crippen molar-refractivity contribution in [2.75, 3.05) is 32.7 Å². The zero-order valence-electron chi connectivity index (χ0n) is 20.6. The van der Waals surface area contributed by atoms with Gasteiger partial charge in [0.1, 0.15) is 0 Å². The Labute approximate surface area is 196 Å². The van der Waals surface area contributed by atoms with E-state index in [0.717, 1.165) is 35.2 Å². The van der Waals surface area contributed by atoms with Crippen LogP contribution in [-0.2, 0) is 14.9 Å². The van der Waals surface area contributed by atoms with Crippen molar-refractivity contribution >= 4 is 28.5 Å². The quantitative estimate of drug-likeness (QED) is 0.709. The number of benzene rings is 1. The summed E-state index contributed by atoms with van der Waals surface area (Å²) in [6.07, 6.45) is 1.45. The van der Waals surface area contributed by atoms with E-state index in [-0.39, 0.29) is 17.6 Å². The molecule has 7 heteroatoms. The van der Waals surface area contributed by atoms with Crippen LogP contribution in [0.4, 0.5) is 4.79 Å². The van der Waals surface area contributed by atoms with E-state index >= 15 is 0 Å². The van der Waals surface area contributed by atoms with Gasteiger partial charge in [-0.15, -0.1) is 0 Å². The molecule has 178 valence electrons. The molecular formula is C26H36N4O3. The number of urea groups is 1. The van der Waals surface area contributed by atoms with Gasteiger partial charge in [0.05, 0.1) is 17.4 Å². The van der Waals surface area contributed by atoms with E-state index in [1.807, 2.05) is 36.9 Å². The molecule has 1 N–H and O–H groups in total. The van der Waals surface area contributed by atoms with E-state index in [2.05, 4.69) is 43.6 Å². The molecule has 33 heavy (non-hydrogen) atoms. The van der Waals surface area contributed by atoms with Crippen LogP contribution in [-0.4, -0.2) is 76.6 Å². The van der Waals surface area contributed by atoms with Crippen LogP contribution in [0.1, 0.15) is 52.8 Å². The van der Waals surface area contributed by atoms with Gasteiger partial charge in [-0.3, -0.25) is 9.80 Å². The van der Waals surface area contributed by atoms with E-state index in [1.165, 1.54) is 0 Å². The molecule has 0 spiro atoms. The summed E-state index contributed by atoms with van der Waals surface area (Å²) in [4.78, 5) is 36.3. The van der Waals surface area contributed by atoms with Crippen LogP contribution in [0.2, 0.25) is 0 Å². The first-order valence-corrected chi connectivity index (χ1v) is 11.9. The highest BCUT2D eigenvalue weighted by atomic mass is 16.5. The number of carbonyl (C=O) groups excluding carboxylic acids is 2. The Bertz CT molecular complexity index is 1070. The largest absolute Gasteiger partial charge is 0.459 e. The van der Waals surface area contributed by atoms with Crippen molar-refractivity contribution in [1.29, 1.82) is 0 Å². The number of piperazine rings is 1. The minimum atomic E-state index is -0.419. The monoisotopic (exact) mass is 452 g/mol. The van der Waals surface area contributed by atoms with Gasteiger partial charge in [-0.1, -0.05) is 32.0 Å². The standard InChI is InChI=1S/C26H36N4O3/c1-17(2)28-11-13-29(14-12-28)25(32)30-15-20(24(31)33-18(3)4)23-22(26(5,6)16-30)19-9-7-8-10-21(19)27-23/h7-10,15,17-18,27H,11-14,16H2,1-6H3. The minimum absolute atomic E-state index is 0.0595. The van der Waals surface area contributed by atoms with E-state index in [0.29, 0.717) is 31.2 Å². The van der Waals surface area contributed by atoms with Crippen molar-refractivity contribution in [3.8, 4) is 0 Å². The van der Waals surface area contributed by atoms with Crippen molar-refractivity contribution in [1.82, 2.24) is 19.7 Å². The Hall–Kier alpha value is -2.80. The second-order valence-electron chi connectivity index (χ2n) is 10.3. The second-order valence-corrected chi connectivity index (χ2v) is 10.3. The summed E-state index contributed by atoms with van der Waals surface area (Å²) in [5.74, 6) is -0.419. The van der Waals surface area contributed by atoms with Crippen LogP contribution in [0.5, 0.6) is 0 Å². The first-order valence-electron chi connectivity index (χ1n) is 11.9. The van der Waals surface area contributed by atoms with Gasteiger partial charge >= 0.3 is 12.0 Å². The molecular weight excluding hydrogens is 416 g/mol. The molecule has 1 saturated heterocycles. The van der Waals surface area contributed by atoms with Crippen LogP contribution in [0.25, 0.3) is 16.5 Å². The highest BCUT2D eigenvalue weighted by Crippen LogP contribution is 2.40. The van der Waals surface area contributed by atoms with Gasteiger partial charge in [0, 0.05) is 61.3 Å². The van der Waals surface area contributed by atoms with Crippen LogP contribution >= 0.6 is 0 Å². The number of carbonyl (C=O) groups is 2. The smallest absolute Gasteiger partial charge is 0.342 e. The molecule has 0 bridgehead atoms. The lowest BCUT2D eigenvalue weighted by atomic mass is 9.82. The third-order valence-electron chi connectivity index (χ3n) is 6.63. The lowest BCUT2D eigenvalue weighted by Crippen LogP contribution is -2.54. The number of hydrogen-bond donors (Lipinski definition) is 1. The fraction of sp³-hybridized carbons (Fsp3) is 0.538. The van der Waals surface area contributed by atoms with E-state index in [9.17, 15) is 9.59 Å². The number of aromatic nitrogens is 1. The number of ether oxygens (including phenoxy) is 1. The fourth-order valence-electron chi connectivity index (χ4n) is 4.98. The number of hydrogen-bond acceptors (Lipinski definition) is 4. The Kier molecular flexibility index (Phi) is 6.27. The molecule has 0 saturated carbocycles. The summed E-state index contributed by atoms with van der Waals surface area (Å²) in [5, 5.41) is 1.07. The predicted molar refractivity (Wildman–Crippen MR) is 131 cm³/mol. The fourth-order valence-corrected chi connectivity index (χ4v) is 4.98. The zero-order chi connectivity index (χ0) is 23.9. The van der Waals surface area contributed by atoms with Crippen LogP contribution in [0.15, 0.2) is 30.5 Å². The molecule has 1 fully saturated rings. The van der Waals surface area contributed by atoms with Crippen molar-refractivity contribution < 1.29 is 14.3 Å². The summed E-state index contributed by atoms with van der Waals surface area (Å²) in [5.41, 5.74) is 2.79. The predicted octanol–water partition coefficient (Wildman–Crippen LogP) is 4.20. The number of rotatable bonds is 3. The van der Waals surface area contributed by atoms with E-state index in [1.54, 1.807) is 11.1 Å². The number of H-pyrrole nitrogens is 1. The van der Waals surface area contributed by atoms with E-state index in [4.69, 9.17) is 4.74 Å². The van der Waals surface area contributed by atoms with E-state index < -0.39 is 5.97 Å². The third-order valence-corrected chi connectivity index (χ3v) is 6.63. The average Bonchev–Trinajstić information content (AvgIpc) is 3.10. The number of nitrogens with zero attached hydrogens (tertiary/aromatic N) is 3. The van der Waals surface area contributed by atoms with Gasteiger partial charge in [0.15, 0.2) is 0 Å². The lowest BCUT2D eigenvalue weighted by molar-refractivity contribution is -0.140. The number of amides is 2. The van der Waals surface area contributed by atoms with Crippen molar-refractivity contribution in [2.24, 2.45) is 0 Å². The topological polar surface area (TPSA) is 68.9 Å². The molecule has 3 heterocycles. The van der Waals surface area contributed by atoms with Gasteiger partial charge in [-0.25, -0.2) is 9.59 Å². The van der Waals surface area contributed by atoms with Gasteiger partial charge in [-0.2, -0.15) is 0 Å². The van der Waals surface area contributed by atoms with Gasteiger partial charge in [-0.05, 0) is 39.3 Å². The highest BCUT2D eigenvalue weighted by molar-refractivity contribution is 6.18. The molecule has 0 aliphatic carbocycles. The summed E-state index contributed by atoms with van der Waals surface area (Å²) < 4.78 is 5.59. The maximum Gasteiger partial charge on any atom is 0.342 e. The van der Waals surface area contributed by atoms with Crippen LogP contribution in [0.3, 0.4) is 0 Å². The Morgan fingerprint density at radius 2 is 1.70 bits per heavy atom. The average molecular weight is 453 g/mol. The molecule has 2 aliphatic rings. The first kappa shape index (κ1) is 23.4. The normalized spacial score (nSPS) is 19.0. The molecule has 2 amide bonds. The molecule has 0 unspecified atom stereocenters. The van der Waals surface area contributed by atoms with Gasteiger partial charge in [0.25, 0.3) is 0 Å². The highest BCUT2D eigenvalue weighted by Gasteiger charge is 2.38. The summed E-state index contributed by atoms with van der Waals surface area (Å²) >= 11 is 0. The number of aromatic amines is 1. The number of nitrogens with one attached hydrogen (secondary N) is 1. The van der Waals surface area contributed by atoms with Crippen LogP contribution in [0, 0.1) is 0 Å². The third kappa shape index (κ3) is 4.51. The maximum absolute atomic E-state index is 13.6. The summed E-state index contributed by atoms with van der Waals surface area (Å²) in [6.45, 7) is 15.9. The van der Waals surface area contributed by atoms with Crippen molar-refractivity contribution in [3.63, 3.8) is 0 Å². The lowest BCUT2D eigenvalue weighted by Gasteiger charge is -2.39. The Morgan fingerprint density at radius 3 is 2.33 bits per heavy atom. The minimum Gasteiger partial charge on any atom is -0.459 e. The molecule has 1 aromatic carbocycles. The first-order chi connectivity index (χ1) is 15.6. The number of fused-ring (bicyclic) bond motifs is 3. The molecule has 4 rings (SSSR count). The Morgan fingerprint density at radius 1 is 1.03 bits per heavy atom. The zero-order valence-corrected chi connectivity index (χ0v) is 20.6. The summed E-state index contributed by atoms with van der Waals surface area (Å²) in [6, 6.07) is 8.48. The molecule has 2 aromatic rings. The molecule has 2 aliphatic heterocycles. The van der Waals surface area contributed by atoms with Crippen molar-refractivity contribution in [3.05, 3.63) is 41.7 Å². The molecule has 0 atom stereocenters. The Balaban J connectivity index is 1.74. The molecule has 0 radical (unpaired) electrons. The second kappa shape index (κ2) is 8.86. The summed E-state index contributed by atoms with van der Waals surface area (Å²) in [7, 11) is 0. The maximum atomic E-state index is 13.6. The molecule has 7 nitrogen and oxygen atoms in total. The van der Waals surface area contributed by atoms with Crippen molar-refractivity contribution in [2.45, 2.75) is 59.1 Å². The number of para-hydroxylation sites is 1. The SMILES string of the molecule is CC(C)OC(=O)C1=CN(C(=O)N2CCN(C(C)C)CC2)CC(C)(C)c2c1[nH]c1ccccc21. The van der Waals surface area contributed by atoms with Crippen LogP contribution < -0.4 is 0 Å².